The molecule has 1 aromatic carbocycles. The molecule has 0 unspecified atom stereocenters. The van der Waals surface area contributed by atoms with E-state index < -0.39 is 0 Å². The molecule has 2 aliphatic rings. The van der Waals surface area contributed by atoms with Gasteiger partial charge < -0.3 is 9.64 Å². The zero-order valence-corrected chi connectivity index (χ0v) is 12.4. The van der Waals surface area contributed by atoms with Crippen LogP contribution in [0.2, 0.25) is 0 Å². The smallest absolute Gasteiger partial charge is 0.262 e. The van der Waals surface area contributed by atoms with Crippen LogP contribution >= 0.6 is 0 Å². The predicted octanol–water partition coefficient (Wildman–Crippen LogP) is 0.777. The summed E-state index contributed by atoms with van der Waals surface area (Å²) in [7, 11) is 1.64. The number of likely N-dealkylation sites (tertiary alicyclic amines) is 1. The van der Waals surface area contributed by atoms with Crippen LogP contribution in [-0.2, 0) is 9.53 Å². The molecule has 0 aromatic heterocycles. The number of fused-ring (bicyclic) bond motifs is 1. The number of imide groups is 1. The molecule has 0 aliphatic carbocycles. The highest BCUT2D eigenvalue weighted by Crippen LogP contribution is 2.23. The van der Waals surface area contributed by atoms with Gasteiger partial charge in [-0.05, 0) is 18.6 Å². The standard InChI is InChI=1S/C16H18N2O4/c1-22-10-11-6-7-17(8-11)14(19)9-18-15(20)12-4-2-3-5-13(12)16(18)21/h2-5,11H,6-10H2,1H3/t11-/m1/s1. The Labute approximate surface area is 128 Å². The lowest BCUT2D eigenvalue weighted by atomic mass is 10.1. The number of carbonyl (C=O) groups excluding carboxylic acids is 3. The first-order chi connectivity index (χ1) is 10.6. The lowest BCUT2D eigenvalue weighted by Gasteiger charge is -2.20. The van der Waals surface area contributed by atoms with Crippen LogP contribution in [-0.4, -0.2) is 60.9 Å². The molecular formula is C16H18N2O4. The van der Waals surface area contributed by atoms with E-state index in [9.17, 15) is 14.4 Å². The summed E-state index contributed by atoms with van der Waals surface area (Å²) in [5.41, 5.74) is 0.748. The van der Waals surface area contributed by atoms with E-state index in [1.54, 1.807) is 36.3 Å². The van der Waals surface area contributed by atoms with Crippen LogP contribution in [0.4, 0.5) is 0 Å². The van der Waals surface area contributed by atoms with Crippen LogP contribution in [0.25, 0.3) is 0 Å². The van der Waals surface area contributed by atoms with Crippen molar-refractivity contribution in [3.05, 3.63) is 35.4 Å². The molecule has 3 rings (SSSR count). The topological polar surface area (TPSA) is 66.9 Å². The molecule has 0 radical (unpaired) electrons. The number of hydrogen-bond donors (Lipinski definition) is 0. The monoisotopic (exact) mass is 302 g/mol. The Kier molecular flexibility index (Phi) is 3.94. The van der Waals surface area contributed by atoms with E-state index in [2.05, 4.69) is 0 Å². The van der Waals surface area contributed by atoms with Gasteiger partial charge in [0.25, 0.3) is 11.8 Å². The number of hydrogen-bond acceptors (Lipinski definition) is 4. The van der Waals surface area contributed by atoms with Crippen LogP contribution in [0.1, 0.15) is 27.1 Å². The van der Waals surface area contributed by atoms with E-state index in [-0.39, 0.29) is 24.3 Å². The summed E-state index contributed by atoms with van der Waals surface area (Å²) < 4.78 is 5.11. The maximum atomic E-state index is 12.3. The third-order valence-corrected chi connectivity index (χ3v) is 4.21. The quantitative estimate of drug-likeness (QED) is 0.771. The Morgan fingerprint density at radius 2 is 1.86 bits per heavy atom. The maximum absolute atomic E-state index is 12.3. The molecule has 2 heterocycles. The number of ether oxygens (including phenoxy) is 1. The van der Waals surface area contributed by atoms with E-state index in [0.29, 0.717) is 36.7 Å². The molecule has 3 amide bonds. The van der Waals surface area contributed by atoms with Crippen molar-refractivity contribution in [1.82, 2.24) is 9.80 Å². The first kappa shape index (κ1) is 14.7. The summed E-state index contributed by atoms with van der Waals surface area (Å²) in [5, 5.41) is 0. The predicted molar refractivity (Wildman–Crippen MR) is 78.4 cm³/mol. The highest BCUT2D eigenvalue weighted by molar-refractivity contribution is 6.22. The van der Waals surface area contributed by atoms with Gasteiger partial charge in [-0.3, -0.25) is 19.3 Å². The fraction of sp³-hybridized carbons (Fsp3) is 0.438. The van der Waals surface area contributed by atoms with Gasteiger partial charge in [-0.1, -0.05) is 12.1 Å². The summed E-state index contributed by atoms with van der Waals surface area (Å²) in [4.78, 5) is 39.5. The molecular weight excluding hydrogens is 284 g/mol. The fourth-order valence-electron chi connectivity index (χ4n) is 3.05. The summed E-state index contributed by atoms with van der Waals surface area (Å²) in [6, 6.07) is 6.66. The molecule has 0 spiro atoms. The molecule has 22 heavy (non-hydrogen) atoms. The summed E-state index contributed by atoms with van der Waals surface area (Å²) in [6.45, 7) is 1.70. The zero-order valence-electron chi connectivity index (χ0n) is 12.4. The summed E-state index contributed by atoms with van der Waals surface area (Å²) in [5.74, 6) is -0.632. The number of nitrogens with zero attached hydrogens (tertiary/aromatic N) is 2. The van der Waals surface area contributed by atoms with Crippen LogP contribution in [0.15, 0.2) is 24.3 Å². The average molecular weight is 302 g/mol. The Morgan fingerprint density at radius 1 is 1.23 bits per heavy atom. The van der Waals surface area contributed by atoms with Gasteiger partial charge in [0, 0.05) is 26.1 Å². The average Bonchev–Trinajstić information content (AvgIpc) is 3.08. The molecule has 116 valence electrons. The number of rotatable bonds is 4. The molecule has 1 aromatic rings. The second kappa shape index (κ2) is 5.88. The number of amides is 3. The molecule has 0 saturated carbocycles. The fourth-order valence-corrected chi connectivity index (χ4v) is 3.05. The van der Waals surface area contributed by atoms with Crippen molar-refractivity contribution >= 4 is 17.7 Å². The Hall–Kier alpha value is -2.21. The van der Waals surface area contributed by atoms with Gasteiger partial charge in [-0.15, -0.1) is 0 Å². The van der Waals surface area contributed by atoms with E-state index >= 15 is 0 Å². The van der Waals surface area contributed by atoms with Gasteiger partial charge in [-0.2, -0.15) is 0 Å². The van der Waals surface area contributed by atoms with Crippen LogP contribution in [0, 0.1) is 5.92 Å². The Morgan fingerprint density at radius 3 is 2.45 bits per heavy atom. The SMILES string of the molecule is COC[C@@H]1CCN(C(=O)CN2C(=O)c3ccccc3C2=O)C1. The highest BCUT2D eigenvalue weighted by Gasteiger charge is 2.37. The molecule has 1 saturated heterocycles. The van der Waals surface area contributed by atoms with Crippen LogP contribution < -0.4 is 0 Å². The molecule has 6 nitrogen and oxygen atoms in total. The third-order valence-electron chi connectivity index (χ3n) is 4.21. The molecule has 6 heteroatoms. The largest absolute Gasteiger partial charge is 0.384 e. The van der Waals surface area contributed by atoms with Gasteiger partial charge >= 0.3 is 0 Å². The minimum atomic E-state index is -0.387. The second-order valence-electron chi connectivity index (χ2n) is 5.69. The lowest BCUT2D eigenvalue weighted by Crippen LogP contribution is -2.42. The van der Waals surface area contributed by atoms with Crippen molar-refractivity contribution in [2.75, 3.05) is 33.4 Å². The van der Waals surface area contributed by atoms with Crippen molar-refractivity contribution in [2.45, 2.75) is 6.42 Å². The minimum Gasteiger partial charge on any atom is -0.384 e. The van der Waals surface area contributed by atoms with Crippen molar-refractivity contribution in [2.24, 2.45) is 5.92 Å². The van der Waals surface area contributed by atoms with Crippen LogP contribution in [0.3, 0.4) is 0 Å². The van der Waals surface area contributed by atoms with Gasteiger partial charge in [0.15, 0.2) is 0 Å². The lowest BCUT2D eigenvalue weighted by molar-refractivity contribution is -0.130. The summed E-state index contributed by atoms with van der Waals surface area (Å²) >= 11 is 0. The van der Waals surface area contributed by atoms with E-state index in [1.165, 1.54) is 0 Å². The van der Waals surface area contributed by atoms with Crippen LogP contribution in [0.5, 0.6) is 0 Å². The molecule has 1 fully saturated rings. The molecule has 1 atom stereocenters. The minimum absolute atomic E-state index is 0.187. The van der Waals surface area contributed by atoms with Gasteiger partial charge in [-0.25, -0.2) is 0 Å². The Bertz CT molecular complexity index is 593. The molecule has 2 aliphatic heterocycles. The Balaban J connectivity index is 1.66. The van der Waals surface area contributed by atoms with Crippen molar-refractivity contribution < 1.29 is 19.1 Å². The van der Waals surface area contributed by atoms with E-state index in [1.807, 2.05) is 0 Å². The van der Waals surface area contributed by atoms with E-state index in [0.717, 1.165) is 11.3 Å². The highest BCUT2D eigenvalue weighted by atomic mass is 16.5. The summed E-state index contributed by atoms with van der Waals surface area (Å²) in [6.07, 6.45) is 0.891. The van der Waals surface area contributed by atoms with Gasteiger partial charge in [0.05, 0.1) is 17.7 Å². The van der Waals surface area contributed by atoms with Crippen molar-refractivity contribution in [3.63, 3.8) is 0 Å². The maximum Gasteiger partial charge on any atom is 0.262 e. The molecule has 0 bridgehead atoms. The van der Waals surface area contributed by atoms with Crippen molar-refractivity contribution in [1.29, 1.82) is 0 Å². The van der Waals surface area contributed by atoms with Gasteiger partial charge in [0.1, 0.15) is 6.54 Å². The number of carbonyl (C=O) groups is 3. The first-order valence-corrected chi connectivity index (χ1v) is 7.33. The van der Waals surface area contributed by atoms with Gasteiger partial charge in [0.2, 0.25) is 5.91 Å². The third kappa shape index (κ3) is 2.50. The van der Waals surface area contributed by atoms with Crippen molar-refractivity contribution in [3.8, 4) is 0 Å². The van der Waals surface area contributed by atoms with E-state index in [4.69, 9.17) is 4.74 Å². The number of methoxy groups -OCH3 is 1. The number of benzene rings is 1. The zero-order chi connectivity index (χ0) is 15.7. The normalized spacial score (nSPS) is 20.7. The second-order valence-corrected chi connectivity index (χ2v) is 5.69. The first-order valence-electron chi connectivity index (χ1n) is 7.33. The molecule has 0 N–H and O–H groups in total.